The fraction of sp³-hybridized carbons (Fsp3) is 0.500. The van der Waals surface area contributed by atoms with Crippen molar-refractivity contribution in [3.8, 4) is 16.9 Å². The van der Waals surface area contributed by atoms with E-state index in [0.29, 0.717) is 19.8 Å². The van der Waals surface area contributed by atoms with Crippen molar-refractivity contribution in [2.45, 2.75) is 58.2 Å². The fourth-order valence-corrected chi connectivity index (χ4v) is 3.55. The minimum absolute atomic E-state index is 0.0242. The lowest BCUT2D eigenvalue weighted by Gasteiger charge is -2.29. The Kier molecular flexibility index (Phi) is 8.16. The van der Waals surface area contributed by atoms with E-state index in [1.165, 1.54) is 24.3 Å². The van der Waals surface area contributed by atoms with E-state index in [-0.39, 0.29) is 29.1 Å². The molecular weight excluding hydrogens is 393 g/mol. The van der Waals surface area contributed by atoms with Crippen LogP contribution in [0.5, 0.6) is 5.75 Å². The minimum atomic E-state index is -1.10. The maximum atomic E-state index is 14.8. The van der Waals surface area contributed by atoms with Gasteiger partial charge in [-0.05, 0) is 49.4 Å². The van der Waals surface area contributed by atoms with E-state index >= 15 is 0 Å². The van der Waals surface area contributed by atoms with Gasteiger partial charge in [0.05, 0.1) is 13.2 Å². The van der Waals surface area contributed by atoms with Crippen molar-refractivity contribution in [1.29, 1.82) is 0 Å². The molecule has 6 heteroatoms. The molecule has 0 N–H and O–H groups in total. The van der Waals surface area contributed by atoms with Crippen molar-refractivity contribution in [1.82, 2.24) is 0 Å². The first-order chi connectivity index (χ1) is 14.5. The van der Waals surface area contributed by atoms with E-state index in [1.807, 2.05) is 13.8 Å². The molecule has 0 amide bonds. The Morgan fingerprint density at radius 3 is 2.40 bits per heavy atom. The lowest BCUT2D eigenvalue weighted by Crippen LogP contribution is -2.27. The molecule has 0 aliphatic carbocycles. The van der Waals surface area contributed by atoms with Gasteiger partial charge < -0.3 is 14.2 Å². The summed E-state index contributed by atoms with van der Waals surface area (Å²) >= 11 is 0. The van der Waals surface area contributed by atoms with Gasteiger partial charge in [0.2, 0.25) is 5.82 Å². The molecule has 0 bridgehead atoms. The Bertz CT molecular complexity index is 833. The highest BCUT2D eigenvalue weighted by molar-refractivity contribution is 5.66. The number of rotatable bonds is 9. The molecule has 3 rings (SSSR count). The first-order valence-electron chi connectivity index (χ1n) is 10.7. The van der Waals surface area contributed by atoms with Gasteiger partial charge in [0.1, 0.15) is 5.82 Å². The second-order valence-electron chi connectivity index (χ2n) is 7.59. The molecule has 0 saturated carbocycles. The highest BCUT2D eigenvalue weighted by Crippen LogP contribution is 2.35. The van der Waals surface area contributed by atoms with Crippen molar-refractivity contribution in [3.05, 3.63) is 53.3 Å². The largest absolute Gasteiger partial charge is 0.490 e. The van der Waals surface area contributed by atoms with Gasteiger partial charge >= 0.3 is 0 Å². The first kappa shape index (κ1) is 22.6. The highest BCUT2D eigenvalue weighted by Gasteiger charge is 2.25. The summed E-state index contributed by atoms with van der Waals surface area (Å²) in [6.45, 7) is 5.43. The topological polar surface area (TPSA) is 27.7 Å². The number of hydrogen-bond acceptors (Lipinski definition) is 3. The maximum absolute atomic E-state index is 14.8. The standard InChI is InChI=1S/C24H29F3O3/c1-3-5-13-28-21-10-9-19(23(26)24(21)27)18-8-6-16(14-20(18)25)17-7-11-22(30-15-17)29-12-4-2/h6,8-10,14,17,22H,3-5,7,11-13,15H2,1-2H3. The first-order valence-corrected chi connectivity index (χ1v) is 10.7. The third-order valence-electron chi connectivity index (χ3n) is 5.30. The van der Waals surface area contributed by atoms with Crippen LogP contribution in [-0.2, 0) is 9.47 Å². The average molecular weight is 422 g/mol. The van der Waals surface area contributed by atoms with E-state index in [9.17, 15) is 13.2 Å². The molecule has 0 aromatic heterocycles. The molecule has 2 atom stereocenters. The van der Waals surface area contributed by atoms with Gasteiger partial charge in [0.15, 0.2) is 17.9 Å². The van der Waals surface area contributed by atoms with Crippen LogP contribution in [-0.4, -0.2) is 26.1 Å². The van der Waals surface area contributed by atoms with Crippen LogP contribution in [0.2, 0.25) is 0 Å². The van der Waals surface area contributed by atoms with Crippen LogP contribution in [0, 0.1) is 17.5 Å². The van der Waals surface area contributed by atoms with Crippen molar-refractivity contribution in [2.24, 2.45) is 0 Å². The molecule has 1 aliphatic rings. The van der Waals surface area contributed by atoms with Crippen molar-refractivity contribution >= 4 is 0 Å². The van der Waals surface area contributed by atoms with E-state index < -0.39 is 17.5 Å². The zero-order valence-corrected chi connectivity index (χ0v) is 17.6. The van der Waals surface area contributed by atoms with Crippen LogP contribution in [0.1, 0.15) is 57.4 Å². The minimum Gasteiger partial charge on any atom is -0.490 e. The third-order valence-corrected chi connectivity index (χ3v) is 5.30. The number of ether oxygens (including phenoxy) is 3. The van der Waals surface area contributed by atoms with Crippen LogP contribution in [0.25, 0.3) is 11.1 Å². The number of hydrogen-bond donors (Lipinski definition) is 0. The van der Waals surface area contributed by atoms with E-state index in [0.717, 1.165) is 37.7 Å². The summed E-state index contributed by atoms with van der Waals surface area (Å²) < 4.78 is 60.3. The van der Waals surface area contributed by atoms with Gasteiger partial charge in [-0.15, -0.1) is 0 Å². The number of halogens is 3. The van der Waals surface area contributed by atoms with Gasteiger partial charge in [-0.25, -0.2) is 8.78 Å². The zero-order valence-electron chi connectivity index (χ0n) is 17.6. The molecule has 30 heavy (non-hydrogen) atoms. The molecule has 1 fully saturated rings. The quantitative estimate of drug-likeness (QED) is 0.426. The smallest absolute Gasteiger partial charge is 0.201 e. The number of unbranched alkanes of at least 4 members (excludes halogenated alkanes) is 1. The predicted octanol–water partition coefficient (Wildman–Crippen LogP) is 6.60. The summed E-state index contributed by atoms with van der Waals surface area (Å²) in [4.78, 5) is 0. The molecule has 2 aromatic carbocycles. The lowest BCUT2D eigenvalue weighted by atomic mass is 9.91. The van der Waals surface area contributed by atoms with Crippen LogP contribution in [0.4, 0.5) is 13.2 Å². The monoisotopic (exact) mass is 422 g/mol. The van der Waals surface area contributed by atoms with Gasteiger partial charge in [0.25, 0.3) is 0 Å². The summed E-state index contributed by atoms with van der Waals surface area (Å²) in [6, 6.07) is 7.35. The number of benzene rings is 2. The Balaban J connectivity index is 1.72. The summed E-state index contributed by atoms with van der Waals surface area (Å²) in [6.07, 6.45) is 3.92. The summed E-state index contributed by atoms with van der Waals surface area (Å²) in [7, 11) is 0. The van der Waals surface area contributed by atoms with Crippen LogP contribution in [0.3, 0.4) is 0 Å². The Labute approximate surface area is 176 Å². The molecule has 3 nitrogen and oxygen atoms in total. The van der Waals surface area contributed by atoms with Gasteiger partial charge in [-0.2, -0.15) is 4.39 Å². The lowest BCUT2D eigenvalue weighted by molar-refractivity contribution is -0.167. The normalized spacial score (nSPS) is 19.1. The van der Waals surface area contributed by atoms with Crippen LogP contribution in [0.15, 0.2) is 30.3 Å². The van der Waals surface area contributed by atoms with Gasteiger partial charge in [-0.3, -0.25) is 0 Å². The van der Waals surface area contributed by atoms with E-state index in [4.69, 9.17) is 14.2 Å². The average Bonchev–Trinajstić information content (AvgIpc) is 2.76. The Morgan fingerprint density at radius 2 is 1.73 bits per heavy atom. The fourth-order valence-electron chi connectivity index (χ4n) is 3.55. The van der Waals surface area contributed by atoms with Crippen molar-refractivity contribution in [3.63, 3.8) is 0 Å². The van der Waals surface area contributed by atoms with E-state index in [2.05, 4.69) is 0 Å². The molecule has 1 heterocycles. The Morgan fingerprint density at radius 1 is 0.933 bits per heavy atom. The second-order valence-corrected chi connectivity index (χ2v) is 7.59. The van der Waals surface area contributed by atoms with Crippen molar-refractivity contribution < 1.29 is 27.4 Å². The van der Waals surface area contributed by atoms with Crippen LogP contribution >= 0.6 is 0 Å². The molecule has 164 valence electrons. The molecule has 0 spiro atoms. The third kappa shape index (κ3) is 5.35. The maximum Gasteiger partial charge on any atom is 0.201 e. The summed E-state index contributed by atoms with van der Waals surface area (Å²) in [5.74, 6) is -2.89. The molecular formula is C24H29F3O3. The Hall–Kier alpha value is -2.05. The SMILES string of the molecule is CCCCOc1ccc(-c2ccc(C3CCC(OCCC)OC3)cc2F)c(F)c1F. The predicted molar refractivity (Wildman–Crippen MR) is 110 cm³/mol. The van der Waals surface area contributed by atoms with E-state index in [1.54, 1.807) is 6.07 Å². The van der Waals surface area contributed by atoms with Gasteiger partial charge in [0, 0.05) is 23.7 Å². The second kappa shape index (κ2) is 10.8. The van der Waals surface area contributed by atoms with Crippen LogP contribution < -0.4 is 4.74 Å². The molecule has 2 aromatic rings. The summed E-state index contributed by atoms with van der Waals surface area (Å²) in [5, 5.41) is 0. The zero-order chi connectivity index (χ0) is 21.5. The molecule has 1 aliphatic heterocycles. The molecule has 1 saturated heterocycles. The highest BCUT2D eigenvalue weighted by atomic mass is 19.2. The van der Waals surface area contributed by atoms with Crippen molar-refractivity contribution in [2.75, 3.05) is 19.8 Å². The summed E-state index contributed by atoms with van der Waals surface area (Å²) in [5.41, 5.74) is 0.689. The van der Waals surface area contributed by atoms with Gasteiger partial charge in [-0.1, -0.05) is 32.4 Å². The molecule has 2 unspecified atom stereocenters. The molecule has 0 radical (unpaired) electrons.